The molecule has 0 amide bonds. The first-order valence-corrected chi connectivity index (χ1v) is 5.26. The molecule has 0 aromatic heterocycles. The smallest absolute Gasteiger partial charge is 0.150 e. The molecule has 16 heavy (non-hydrogen) atoms. The molecule has 0 heterocycles. The van der Waals surface area contributed by atoms with Crippen LogP contribution in [0.3, 0.4) is 0 Å². The molecule has 3 aromatic carbocycles. The van der Waals surface area contributed by atoms with Gasteiger partial charge >= 0.3 is 0 Å². The summed E-state index contributed by atoms with van der Waals surface area (Å²) < 4.78 is 0. The van der Waals surface area contributed by atoms with Gasteiger partial charge in [0.05, 0.1) is 0 Å². The summed E-state index contributed by atoms with van der Waals surface area (Å²) in [5.74, 6) is 0. The Kier molecular flexibility index (Phi) is 1.97. The summed E-state index contributed by atoms with van der Waals surface area (Å²) in [7, 11) is 0. The topological polar surface area (TPSA) is 17.1 Å². The van der Waals surface area contributed by atoms with Crippen LogP contribution < -0.4 is 0 Å². The van der Waals surface area contributed by atoms with Crippen LogP contribution in [-0.2, 0) is 0 Å². The van der Waals surface area contributed by atoms with Crippen molar-refractivity contribution >= 4 is 27.8 Å². The van der Waals surface area contributed by atoms with Crippen LogP contribution in [0.15, 0.2) is 54.6 Å². The largest absolute Gasteiger partial charge is 0.298 e. The van der Waals surface area contributed by atoms with Gasteiger partial charge in [0.15, 0.2) is 6.29 Å². The van der Waals surface area contributed by atoms with Gasteiger partial charge in [-0.3, -0.25) is 4.79 Å². The Balaban J connectivity index is 2.57. The van der Waals surface area contributed by atoms with Crippen molar-refractivity contribution in [3.8, 4) is 0 Å². The Labute approximate surface area is 93.3 Å². The van der Waals surface area contributed by atoms with E-state index in [0.717, 1.165) is 22.6 Å². The lowest BCUT2D eigenvalue weighted by atomic mass is 9.99. The third-order valence-electron chi connectivity index (χ3n) is 2.95. The molecular formula is C15H10O. The van der Waals surface area contributed by atoms with Crippen LogP contribution in [-0.4, -0.2) is 6.29 Å². The highest BCUT2D eigenvalue weighted by atomic mass is 16.1. The number of hydrogen-bond acceptors (Lipinski definition) is 1. The van der Waals surface area contributed by atoms with E-state index in [4.69, 9.17) is 0 Å². The monoisotopic (exact) mass is 206 g/mol. The quantitative estimate of drug-likeness (QED) is 0.437. The Morgan fingerprint density at radius 2 is 1.50 bits per heavy atom. The summed E-state index contributed by atoms with van der Waals surface area (Å²) in [5.41, 5.74) is 0.753. The van der Waals surface area contributed by atoms with Crippen molar-refractivity contribution in [3.63, 3.8) is 0 Å². The van der Waals surface area contributed by atoms with Gasteiger partial charge in [-0.1, -0.05) is 54.6 Å². The zero-order chi connectivity index (χ0) is 11.0. The first kappa shape index (κ1) is 9.10. The van der Waals surface area contributed by atoms with Gasteiger partial charge in [0, 0.05) is 5.56 Å². The molecule has 0 aliphatic heterocycles. The number of carbonyl (C=O) groups is 1. The number of rotatable bonds is 1. The van der Waals surface area contributed by atoms with E-state index in [-0.39, 0.29) is 0 Å². The second kappa shape index (κ2) is 3.46. The lowest BCUT2D eigenvalue weighted by molar-refractivity contribution is 0.112. The summed E-state index contributed by atoms with van der Waals surface area (Å²) in [6, 6.07) is 18.1. The molecule has 0 N–H and O–H groups in total. The molecule has 3 rings (SSSR count). The van der Waals surface area contributed by atoms with Crippen LogP contribution in [0.25, 0.3) is 21.5 Å². The summed E-state index contributed by atoms with van der Waals surface area (Å²) in [4.78, 5) is 11.0. The van der Waals surface area contributed by atoms with E-state index in [1.54, 1.807) is 0 Å². The molecule has 0 fully saturated rings. The third kappa shape index (κ3) is 1.22. The second-order valence-electron chi connectivity index (χ2n) is 3.85. The highest BCUT2D eigenvalue weighted by molar-refractivity contribution is 6.11. The average Bonchev–Trinajstić information content (AvgIpc) is 2.37. The molecule has 0 bridgehead atoms. The molecule has 0 aliphatic rings. The van der Waals surface area contributed by atoms with Gasteiger partial charge in [-0.25, -0.2) is 0 Å². The minimum Gasteiger partial charge on any atom is -0.298 e. The van der Waals surface area contributed by atoms with Crippen molar-refractivity contribution in [2.24, 2.45) is 0 Å². The fourth-order valence-corrected chi connectivity index (χ4v) is 2.17. The van der Waals surface area contributed by atoms with Crippen LogP contribution in [0, 0.1) is 0 Å². The summed E-state index contributed by atoms with van der Waals surface area (Å²) >= 11 is 0. The van der Waals surface area contributed by atoms with Crippen molar-refractivity contribution in [1.82, 2.24) is 0 Å². The van der Waals surface area contributed by atoms with Crippen LogP contribution in [0.1, 0.15) is 10.4 Å². The van der Waals surface area contributed by atoms with E-state index in [9.17, 15) is 4.79 Å². The van der Waals surface area contributed by atoms with Gasteiger partial charge in [-0.05, 0) is 21.5 Å². The Bertz CT molecular complexity index is 683. The van der Waals surface area contributed by atoms with E-state index in [0.29, 0.717) is 0 Å². The first-order chi connectivity index (χ1) is 7.90. The number of fused-ring (bicyclic) bond motifs is 3. The average molecular weight is 206 g/mol. The zero-order valence-electron chi connectivity index (χ0n) is 8.68. The van der Waals surface area contributed by atoms with Crippen molar-refractivity contribution in [2.75, 3.05) is 0 Å². The normalized spacial score (nSPS) is 10.8. The molecule has 76 valence electrons. The first-order valence-electron chi connectivity index (χ1n) is 5.26. The number of hydrogen-bond donors (Lipinski definition) is 0. The molecular weight excluding hydrogens is 196 g/mol. The molecule has 0 saturated heterocycles. The Morgan fingerprint density at radius 1 is 0.688 bits per heavy atom. The summed E-state index contributed by atoms with van der Waals surface area (Å²) in [6.07, 6.45) is 0.914. The lowest BCUT2D eigenvalue weighted by Crippen LogP contribution is -1.84. The van der Waals surface area contributed by atoms with Crippen LogP contribution in [0.2, 0.25) is 0 Å². The van der Waals surface area contributed by atoms with E-state index in [1.807, 2.05) is 30.3 Å². The second-order valence-corrected chi connectivity index (χ2v) is 3.85. The fraction of sp³-hybridized carbons (Fsp3) is 0. The van der Waals surface area contributed by atoms with Gasteiger partial charge in [0.25, 0.3) is 0 Å². The predicted octanol–water partition coefficient (Wildman–Crippen LogP) is 3.81. The lowest BCUT2D eigenvalue weighted by Gasteiger charge is -2.05. The molecule has 0 spiro atoms. The SMILES string of the molecule is O=Cc1cccc2c1ccc1ccccc12. The molecule has 0 saturated carbocycles. The summed E-state index contributed by atoms with van der Waals surface area (Å²) in [6.45, 7) is 0. The van der Waals surface area contributed by atoms with Gasteiger partial charge in [-0.15, -0.1) is 0 Å². The van der Waals surface area contributed by atoms with Crippen molar-refractivity contribution in [3.05, 3.63) is 60.2 Å². The van der Waals surface area contributed by atoms with Gasteiger partial charge in [0.2, 0.25) is 0 Å². The zero-order valence-corrected chi connectivity index (χ0v) is 8.68. The van der Waals surface area contributed by atoms with Gasteiger partial charge in [0.1, 0.15) is 0 Å². The molecule has 0 aliphatic carbocycles. The van der Waals surface area contributed by atoms with Gasteiger partial charge < -0.3 is 0 Å². The van der Waals surface area contributed by atoms with Crippen molar-refractivity contribution < 1.29 is 4.79 Å². The molecule has 1 heteroatoms. The maximum atomic E-state index is 11.0. The predicted molar refractivity (Wildman–Crippen MR) is 66.8 cm³/mol. The third-order valence-corrected chi connectivity index (χ3v) is 2.95. The minimum atomic E-state index is 0.753. The van der Waals surface area contributed by atoms with Crippen molar-refractivity contribution in [2.45, 2.75) is 0 Å². The molecule has 0 radical (unpaired) electrons. The molecule has 0 atom stereocenters. The fourth-order valence-electron chi connectivity index (χ4n) is 2.17. The molecule has 1 nitrogen and oxygen atoms in total. The highest BCUT2D eigenvalue weighted by Gasteiger charge is 2.02. The Hall–Kier alpha value is -2.15. The van der Waals surface area contributed by atoms with Crippen LogP contribution in [0.5, 0.6) is 0 Å². The van der Waals surface area contributed by atoms with Crippen LogP contribution in [0.4, 0.5) is 0 Å². The number of aldehydes is 1. The molecule has 3 aromatic rings. The Morgan fingerprint density at radius 3 is 2.38 bits per heavy atom. The number of carbonyl (C=O) groups excluding carboxylic acids is 1. The van der Waals surface area contributed by atoms with E-state index in [2.05, 4.69) is 24.3 Å². The highest BCUT2D eigenvalue weighted by Crippen LogP contribution is 2.26. The van der Waals surface area contributed by atoms with Crippen LogP contribution >= 0.6 is 0 Å². The molecule has 0 unspecified atom stereocenters. The summed E-state index contributed by atoms with van der Waals surface area (Å²) in [5, 5.41) is 4.57. The standard InChI is InChI=1S/C15H10O/c16-10-12-5-3-7-15-13-6-2-1-4-11(13)8-9-14(12)15/h1-10H. The minimum absolute atomic E-state index is 0.753. The van der Waals surface area contributed by atoms with E-state index in [1.165, 1.54) is 10.8 Å². The van der Waals surface area contributed by atoms with E-state index >= 15 is 0 Å². The maximum absolute atomic E-state index is 11.0. The maximum Gasteiger partial charge on any atom is 0.150 e. The number of benzene rings is 3. The van der Waals surface area contributed by atoms with Crippen molar-refractivity contribution in [1.29, 1.82) is 0 Å². The van der Waals surface area contributed by atoms with E-state index < -0.39 is 0 Å². The van der Waals surface area contributed by atoms with Gasteiger partial charge in [-0.2, -0.15) is 0 Å².